The van der Waals surface area contributed by atoms with E-state index in [1.165, 1.54) is 49.7 Å². The highest BCUT2D eigenvalue weighted by Gasteiger charge is 2.33. The highest BCUT2D eigenvalue weighted by Crippen LogP contribution is 2.39. The summed E-state index contributed by atoms with van der Waals surface area (Å²) in [5, 5.41) is 4.84. The van der Waals surface area contributed by atoms with E-state index in [2.05, 4.69) is 28.5 Å². The molecule has 2 aromatic carbocycles. The number of para-hydroxylation sites is 1. The third-order valence-electron chi connectivity index (χ3n) is 6.32. The zero-order valence-corrected chi connectivity index (χ0v) is 16.5. The van der Waals surface area contributed by atoms with Crippen LogP contribution in [0.3, 0.4) is 0 Å². The van der Waals surface area contributed by atoms with Gasteiger partial charge in [0.25, 0.3) is 0 Å². The molecule has 3 heterocycles. The fourth-order valence-electron chi connectivity index (χ4n) is 4.92. The van der Waals surface area contributed by atoms with Crippen molar-refractivity contribution >= 4 is 34.2 Å². The predicted octanol–water partition coefficient (Wildman–Crippen LogP) is 5.72. The molecule has 5 rings (SSSR count). The fourth-order valence-corrected chi connectivity index (χ4v) is 5.05. The molecule has 2 aliphatic heterocycles. The first kappa shape index (κ1) is 17.8. The van der Waals surface area contributed by atoms with Crippen molar-refractivity contribution in [2.75, 3.05) is 18.4 Å². The summed E-state index contributed by atoms with van der Waals surface area (Å²) in [4.78, 5) is 15.6. The van der Waals surface area contributed by atoms with Crippen molar-refractivity contribution in [3.63, 3.8) is 0 Å². The number of aromatic nitrogens is 1. The number of halogens is 1. The molecule has 2 unspecified atom stereocenters. The minimum absolute atomic E-state index is 0.136. The van der Waals surface area contributed by atoms with Crippen molar-refractivity contribution < 1.29 is 4.79 Å². The zero-order valence-electron chi connectivity index (χ0n) is 15.8. The molecule has 0 saturated carbocycles. The van der Waals surface area contributed by atoms with Gasteiger partial charge in [-0.1, -0.05) is 29.8 Å². The van der Waals surface area contributed by atoms with Crippen LogP contribution in [0.5, 0.6) is 0 Å². The fraction of sp³-hybridized carbons (Fsp3) is 0.348. The summed E-state index contributed by atoms with van der Waals surface area (Å²) in [5.41, 5.74) is 3.03. The standard InChI is InChI=1S/C23H24ClN3O/c24-17-7-9-18(10-8-17)25-23(28)27-15-21(20-5-1-2-6-22(20)27)16-11-13-26-12-3-4-19(26)14-16/h1-2,5-10,15-16,19H,3-4,11-14H2,(H,25,28). The van der Waals surface area contributed by atoms with Gasteiger partial charge in [-0.3, -0.25) is 4.57 Å². The lowest BCUT2D eigenvalue weighted by atomic mass is 9.85. The van der Waals surface area contributed by atoms with Crippen molar-refractivity contribution in [3.05, 3.63) is 65.3 Å². The number of piperidine rings is 1. The van der Waals surface area contributed by atoms with Crippen LogP contribution in [0.1, 0.15) is 37.2 Å². The maximum absolute atomic E-state index is 13.0. The molecule has 2 aliphatic rings. The van der Waals surface area contributed by atoms with Crippen LogP contribution in [0.25, 0.3) is 10.9 Å². The van der Waals surface area contributed by atoms with E-state index in [1.807, 2.05) is 24.3 Å². The zero-order chi connectivity index (χ0) is 19.1. The second kappa shape index (κ2) is 7.26. The van der Waals surface area contributed by atoms with Gasteiger partial charge >= 0.3 is 6.03 Å². The van der Waals surface area contributed by atoms with Gasteiger partial charge in [-0.2, -0.15) is 0 Å². The molecule has 5 heteroatoms. The number of anilines is 1. The van der Waals surface area contributed by atoms with Crippen LogP contribution in [-0.2, 0) is 0 Å². The van der Waals surface area contributed by atoms with Crippen LogP contribution in [0, 0.1) is 0 Å². The van der Waals surface area contributed by atoms with Gasteiger partial charge in [-0.05, 0) is 80.6 Å². The average molecular weight is 394 g/mol. The van der Waals surface area contributed by atoms with Crippen molar-refractivity contribution in [1.29, 1.82) is 0 Å². The molecule has 2 saturated heterocycles. The number of hydrogen-bond donors (Lipinski definition) is 1. The molecule has 144 valence electrons. The van der Waals surface area contributed by atoms with E-state index in [0.717, 1.165) is 11.2 Å². The number of nitrogens with one attached hydrogen (secondary N) is 1. The van der Waals surface area contributed by atoms with Crippen LogP contribution in [-0.4, -0.2) is 34.6 Å². The molecule has 0 bridgehead atoms. The minimum Gasteiger partial charge on any atom is -0.307 e. The van der Waals surface area contributed by atoms with E-state index in [0.29, 0.717) is 17.0 Å². The summed E-state index contributed by atoms with van der Waals surface area (Å²) in [5.74, 6) is 0.522. The first-order valence-electron chi connectivity index (χ1n) is 10.1. The number of amides is 1. The Bertz CT molecular complexity index is 1010. The van der Waals surface area contributed by atoms with Crippen molar-refractivity contribution in [2.45, 2.75) is 37.6 Å². The van der Waals surface area contributed by atoms with Crippen molar-refractivity contribution in [2.24, 2.45) is 0 Å². The molecule has 2 atom stereocenters. The number of hydrogen-bond acceptors (Lipinski definition) is 2. The number of nitrogens with zero attached hydrogens (tertiary/aromatic N) is 2. The quantitative estimate of drug-likeness (QED) is 0.604. The molecule has 0 spiro atoms. The van der Waals surface area contributed by atoms with Crippen LogP contribution in [0.4, 0.5) is 10.5 Å². The highest BCUT2D eigenvalue weighted by molar-refractivity contribution is 6.30. The van der Waals surface area contributed by atoms with E-state index >= 15 is 0 Å². The van der Waals surface area contributed by atoms with Gasteiger partial charge in [0.2, 0.25) is 0 Å². The van der Waals surface area contributed by atoms with Gasteiger partial charge in [0.05, 0.1) is 5.52 Å². The van der Waals surface area contributed by atoms with Gasteiger partial charge in [-0.25, -0.2) is 4.79 Å². The van der Waals surface area contributed by atoms with Gasteiger partial charge < -0.3 is 10.2 Å². The molecule has 0 aliphatic carbocycles. The molecule has 0 radical (unpaired) electrons. The predicted molar refractivity (Wildman–Crippen MR) is 114 cm³/mol. The average Bonchev–Trinajstić information content (AvgIpc) is 3.33. The maximum atomic E-state index is 13.0. The number of rotatable bonds is 2. The molecule has 3 aromatic rings. The Hall–Kier alpha value is -2.30. The Morgan fingerprint density at radius 1 is 1.04 bits per heavy atom. The minimum atomic E-state index is -0.136. The van der Waals surface area contributed by atoms with Crippen LogP contribution < -0.4 is 5.32 Å². The lowest BCUT2D eigenvalue weighted by Gasteiger charge is -2.34. The molecule has 1 N–H and O–H groups in total. The van der Waals surface area contributed by atoms with E-state index in [4.69, 9.17) is 11.6 Å². The van der Waals surface area contributed by atoms with E-state index in [1.54, 1.807) is 16.7 Å². The van der Waals surface area contributed by atoms with Gasteiger partial charge in [-0.15, -0.1) is 0 Å². The van der Waals surface area contributed by atoms with E-state index < -0.39 is 0 Å². The summed E-state index contributed by atoms with van der Waals surface area (Å²) in [6.45, 7) is 2.43. The first-order chi connectivity index (χ1) is 13.7. The molecular formula is C23H24ClN3O. The van der Waals surface area contributed by atoms with Crippen LogP contribution >= 0.6 is 11.6 Å². The summed E-state index contributed by atoms with van der Waals surface area (Å²) >= 11 is 5.95. The molecular weight excluding hydrogens is 370 g/mol. The largest absolute Gasteiger partial charge is 0.330 e. The van der Waals surface area contributed by atoms with E-state index in [9.17, 15) is 4.79 Å². The second-order valence-electron chi connectivity index (χ2n) is 7.96. The van der Waals surface area contributed by atoms with E-state index in [-0.39, 0.29) is 6.03 Å². The van der Waals surface area contributed by atoms with Crippen molar-refractivity contribution in [3.8, 4) is 0 Å². The molecule has 4 nitrogen and oxygen atoms in total. The van der Waals surface area contributed by atoms with Crippen LogP contribution in [0.15, 0.2) is 54.7 Å². The number of fused-ring (bicyclic) bond motifs is 2. The summed E-state index contributed by atoms with van der Waals surface area (Å²) in [6.07, 6.45) is 7.07. The third kappa shape index (κ3) is 3.21. The summed E-state index contributed by atoms with van der Waals surface area (Å²) < 4.78 is 1.76. The summed E-state index contributed by atoms with van der Waals surface area (Å²) in [6, 6.07) is 16.0. The molecule has 1 aromatic heterocycles. The SMILES string of the molecule is O=C(Nc1ccc(Cl)cc1)n1cc(C2CCN3CCCC3C2)c2ccccc21. The molecule has 1 amide bonds. The number of carbonyl (C=O) groups excluding carboxylic acids is 1. The highest BCUT2D eigenvalue weighted by atomic mass is 35.5. The maximum Gasteiger partial charge on any atom is 0.330 e. The Morgan fingerprint density at radius 3 is 2.71 bits per heavy atom. The smallest absolute Gasteiger partial charge is 0.307 e. The molecule has 2 fully saturated rings. The lowest BCUT2D eigenvalue weighted by molar-refractivity contribution is 0.181. The monoisotopic (exact) mass is 393 g/mol. The topological polar surface area (TPSA) is 37.3 Å². The Kier molecular flexibility index (Phi) is 4.61. The number of carbonyl (C=O) groups is 1. The van der Waals surface area contributed by atoms with Crippen molar-refractivity contribution in [1.82, 2.24) is 9.47 Å². The third-order valence-corrected chi connectivity index (χ3v) is 6.57. The second-order valence-corrected chi connectivity index (χ2v) is 8.40. The normalized spacial score (nSPS) is 22.3. The van der Waals surface area contributed by atoms with Gasteiger partial charge in [0.1, 0.15) is 0 Å². The Morgan fingerprint density at radius 2 is 1.86 bits per heavy atom. The van der Waals surface area contributed by atoms with Crippen LogP contribution in [0.2, 0.25) is 5.02 Å². The van der Waals surface area contributed by atoms with Gasteiger partial charge in [0, 0.05) is 28.3 Å². The van der Waals surface area contributed by atoms with Gasteiger partial charge in [0.15, 0.2) is 0 Å². The molecule has 28 heavy (non-hydrogen) atoms. The Labute approximate surface area is 170 Å². The number of benzene rings is 2. The lowest BCUT2D eigenvalue weighted by Crippen LogP contribution is -2.37. The summed E-state index contributed by atoms with van der Waals surface area (Å²) in [7, 11) is 0. The Balaban J connectivity index is 1.46. The first-order valence-corrected chi connectivity index (χ1v) is 10.5.